The van der Waals surface area contributed by atoms with Crippen LogP contribution in [0.25, 0.3) is 46.8 Å². The Balaban J connectivity index is 0.00000162. The Hall–Kier alpha value is -12.6. The van der Waals surface area contributed by atoms with E-state index in [1.807, 2.05) is 134 Å². The molecule has 4 heterocycles. The van der Waals surface area contributed by atoms with Gasteiger partial charge >= 0.3 is 66.5 Å². The Bertz CT molecular complexity index is 5920. The van der Waals surface area contributed by atoms with Crippen LogP contribution in [-0.4, -0.2) is 120 Å². The number of pyridine rings is 4. The summed E-state index contributed by atoms with van der Waals surface area (Å²) in [5, 5.41) is 44.5. The van der Waals surface area contributed by atoms with Crippen molar-refractivity contribution in [3.8, 4) is 22.5 Å². The number of aromatic nitrogens is 4. The summed E-state index contributed by atoms with van der Waals surface area (Å²) in [6.07, 6.45) is 19.1. The fourth-order valence-corrected chi connectivity index (χ4v) is 13.9. The van der Waals surface area contributed by atoms with Crippen LogP contribution in [0.4, 0.5) is 22.7 Å². The number of carboxylic acids is 2. The monoisotopic (exact) mass is 1900 g/mol. The molecule has 11 aromatic rings. The number of esters is 3. The van der Waals surface area contributed by atoms with Crippen molar-refractivity contribution in [3.63, 3.8) is 0 Å². The number of hydrogen-bond acceptors (Lipinski definition) is 22. The van der Waals surface area contributed by atoms with Gasteiger partial charge in [0, 0.05) is 75.8 Å². The Morgan fingerprint density at radius 2 is 0.701 bits per heavy atom. The number of carbonyl (C=O) groups excluding carboxylic acids is 6. The third-order valence-corrected chi connectivity index (χ3v) is 19.9. The number of nitrogen functional groups attached to an aromatic ring is 1. The van der Waals surface area contributed by atoms with Crippen LogP contribution in [0.1, 0.15) is 198 Å². The van der Waals surface area contributed by atoms with Gasteiger partial charge in [0.2, 0.25) is 0 Å². The number of aromatic carboxylic acids is 1. The normalized spacial score (nSPS) is 10.7. The molecule has 3 amide bonds. The number of benzene rings is 7. The molecular weight excluding hydrogens is 1780 g/mol. The van der Waals surface area contributed by atoms with Gasteiger partial charge in [-0.05, 0) is 174 Å². The van der Waals surface area contributed by atoms with Gasteiger partial charge in [-0.3, -0.25) is 33.6 Å². The maximum Gasteiger partial charge on any atom is 1.00 e. The molecular formula is C102H122BCl3N11NaO16. The number of nitrogens with two attached hydrogens (primary N) is 4. The molecule has 0 unspecified atom stereocenters. The molecule has 4 aliphatic carbocycles. The zero-order chi connectivity index (χ0) is 88.8. The quantitative estimate of drug-likeness (QED) is 0.00880. The van der Waals surface area contributed by atoms with Crippen molar-refractivity contribution in [1.82, 2.24) is 19.9 Å². The van der Waals surface area contributed by atoms with E-state index in [0.29, 0.717) is 95.2 Å². The molecule has 0 fully saturated rings. The molecule has 32 heteroatoms. The topological polar surface area (TPSA) is 467 Å². The van der Waals surface area contributed by atoms with Crippen molar-refractivity contribution >= 4 is 143 Å². The molecule has 0 saturated carbocycles. The largest absolute Gasteiger partial charge is 1.00 e. The first-order chi connectivity index (χ1) is 59.9. The molecule has 0 atom stereocenters. The molecule has 16 N–H and O–H groups in total. The van der Waals surface area contributed by atoms with E-state index in [0.717, 1.165) is 115 Å². The summed E-state index contributed by atoms with van der Waals surface area (Å²) in [5.41, 5.74) is 42.9. The molecule has 4 aromatic heterocycles. The average molecular weight is 1900 g/mol. The number of amides is 3. The standard InChI is InChI=1S/C26H25N3O3.C24H21N3O3.C19H17ClN2O3.C10H13NO2.C9H6ClNO2.C7H10BNO2.7CH4.ClH.Na.H2O/c1-2-32-24(30)15-19-8-3-4-12-22(19)29-26(31)23-14-18-9-6-11-21(18)25(28-23)20-10-5-7-17(13-20)16-27;25-14-15-5-3-8-18(11-15)23-19-9-4-7-16(19)12-21(26-23)24(30)27-20-10-2-1-6-17(20)13-22(28)29;1-2-25-17(23)11-13-6-3-4-9-15(13)22-19(24)16-10-12-7-5-8-14(12)18(20)21-16;1-2-13-10(12)7-8-5-3-4-6-9(8)11;10-8-6-3-1-2-5(6)4-7(11-8)9(12)13;9-5-6-2-1-3-7(4-6)8(10)11;;;;;;;;;;/h3-8,10-14H,2,9,15-16,27H2,1H3,(H,29,31);1-6,8-12H,7,13-14,25H2,(H,27,30)(H,28,29);3-6,8-10H,2,7,11H2,1H3,(H,22,24);3-6H,2,7,11H2,1H3;1,3-4H,2H2,(H,12,13);1-4,10-11H,5,9H2;7*1H4;1H;;1H2/q;;;;;;;;;;;;;;+1;/p-1. The first kappa shape index (κ1) is 121. The zero-order valence-corrected chi connectivity index (χ0v) is 74.4. The maximum atomic E-state index is 13.2. The van der Waals surface area contributed by atoms with Gasteiger partial charge in [0.15, 0.2) is 0 Å². The van der Waals surface area contributed by atoms with E-state index in [-0.39, 0.29) is 183 Å². The Morgan fingerprint density at radius 1 is 0.396 bits per heavy atom. The Morgan fingerprint density at radius 3 is 1.05 bits per heavy atom. The second kappa shape index (κ2) is 60.5. The van der Waals surface area contributed by atoms with E-state index in [4.69, 9.17) is 85.6 Å². The SMILES string of the molecule is C.C.C.C.C.C.C.CCOC(=O)Cc1ccccc1N.CCOC(=O)Cc1ccccc1NC(=O)c1cc2c(c(-c3cccc(CN)c3)n1)C=CC2.CCOC(=O)Cc1ccccc1NC(=O)c1cc2c(c(Cl)n1)C=CC2.Cl.NCc1cccc(-c2nc(C(=O)Nc3ccccc3CC(=O)O)cc3c2C=CC3)c1.NCc1cccc(B(O)O)c1.O=C(O)c1cc2c(c(Cl)n1)C=CC2.[Na+].[OH-]. The number of fused-ring (bicyclic) bond motifs is 4. The molecule has 134 heavy (non-hydrogen) atoms. The van der Waals surface area contributed by atoms with Crippen molar-refractivity contribution in [2.24, 2.45) is 17.2 Å². The van der Waals surface area contributed by atoms with Gasteiger partial charge in [0.05, 0.1) is 56.9 Å². The van der Waals surface area contributed by atoms with E-state index in [2.05, 4.69) is 37.0 Å². The summed E-state index contributed by atoms with van der Waals surface area (Å²) < 4.78 is 14.8. The van der Waals surface area contributed by atoms with E-state index in [1.54, 1.807) is 124 Å². The zero-order valence-electron chi connectivity index (χ0n) is 70.1. The van der Waals surface area contributed by atoms with Crippen LogP contribution < -0.4 is 73.9 Å². The smallest absolute Gasteiger partial charge is 0.870 e. The Labute approximate surface area is 824 Å². The summed E-state index contributed by atoms with van der Waals surface area (Å²) >= 11 is 11.9. The van der Waals surface area contributed by atoms with E-state index in [9.17, 15) is 38.4 Å². The van der Waals surface area contributed by atoms with Gasteiger partial charge in [-0.1, -0.05) is 257 Å². The second-order valence-electron chi connectivity index (χ2n) is 28.0. The van der Waals surface area contributed by atoms with Crippen molar-refractivity contribution in [3.05, 3.63) is 335 Å². The number of anilines is 4. The third kappa shape index (κ3) is 34.4. The maximum absolute atomic E-state index is 13.2. The molecule has 0 saturated heterocycles. The minimum atomic E-state index is -1.40. The molecule has 4 aliphatic rings. The van der Waals surface area contributed by atoms with Gasteiger partial charge in [0.25, 0.3) is 17.7 Å². The predicted octanol–water partition coefficient (Wildman–Crippen LogP) is 15.4. The molecule has 0 spiro atoms. The van der Waals surface area contributed by atoms with E-state index in [1.165, 1.54) is 0 Å². The number of allylic oxidation sites excluding steroid dienone is 4. The molecule has 706 valence electrons. The summed E-state index contributed by atoms with van der Waals surface area (Å²) in [6.45, 7) is 7.62. The summed E-state index contributed by atoms with van der Waals surface area (Å²) in [7, 11) is -1.40. The van der Waals surface area contributed by atoms with Crippen LogP contribution in [-0.2, 0) is 104 Å². The number of aliphatic carboxylic acids is 1. The third-order valence-electron chi connectivity index (χ3n) is 19.4. The van der Waals surface area contributed by atoms with Crippen molar-refractivity contribution < 1.29 is 108 Å². The molecule has 0 bridgehead atoms. The number of nitrogens with one attached hydrogen (secondary N) is 3. The minimum absolute atomic E-state index is 0. The first-order valence-electron chi connectivity index (χ1n) is 39.7. The van der Waals surface area contributed by atoms with Crippen LogP contribution in [0, 0.1) is 0 Å². The number of ether oxygens (including phenoxy) is 3. The molecule has 0 aliphatic heterocycles. The van der Waals surface area contributed by atoms with Gasteiger partial charge in [0.1, 0.15) is 33.1 Å². The van der Waals surface area contributed by atoms with Crippen LogP contribution in [0.15, 0.2) is 218 Å². The second-order valence-corrected chi connectivity index (χ2v) is 28.7. The van der Waals surface area contributed by atoms with Crippen molar-refractivity contribution in [2.45, 2.75) is 144 Å². The van der Waals surface area contributed by atoms with Gasteiger partial charge < -0.3 is 78.8 Å². The molecule has 7 aromatic carbocycles. The predicted molar refractivity (Wildman–Crippen MR) is 538 cm³/mol. The summed E-state index contributed by atoms with van der Waals surface area (Å²) in [4.78, 5) is 112. The molecule has 0 radical (unpaired) electrons. The fraction of sp³-hybridized carbons (Fsp3) is 0.235. The van der Waals surface area contributed by atoms with E-state index < -0.39 is 19.1 Å². The number of hydrogen-bond donors (Lipinski definition) is 11. The van der Waals surface area contributed by atoms with Crippen LogP contribution in [0.5, 0.6) is 0 Å². The van der Waals surface area contributed by atoms with Gasteiger partial charge in [-0.15, -0.1) is 12.4 Å². The number of para-hydroxylation sites is 4. The number of carbonyl (C=O) groups is 8. The van der Waals surface area contributed by atoms with E-state index >= 15 is 0 Å². The molecule has 15 rings (SSSR count). The average Bonchev–Trinajstić information content (AvgIpc) is 1.58. The Kier molecular flexibility index (Phi) is 54.8. The van der Waals surface area contributed by atoms with Crippen LogP contribution >= 0.6 is 35.6 Å². The number of rotatable bonds is 24. The molecule has 27 nitrogen and oxygen atoms in total. The summed E-state index contributed by atoms with van der Waals surface area (Å²) in [6, 6.07) is 58.0. The number of carboxylic acid groups (broad SMARTS) is 2. The van der Waals surface area contributed by atoms with Crippen molar-refractivity contribution in [2.75, 3.05) is 41.5 Å². The number of halogens is 3. The van der Waals surface area contributed by atoms with Crippen LogP contribution in [0.2, 0.25) is 10.3 Å². The van der Waals surface area contributed by atoms with Gasteiger partial charge in [-0.25, -0.2) is 24.7 Å². The first-order valence-corrected chi connectivity index (χ1v) is 40.4. The summed E-state index contributed by atoms with van der Waals surface area (Å²) in [5.74, 6) is -3.98. The number of nitrogens with zero attached hydrogens (tertiary/aromatic N) is 4. The van der Waals surface area contributed by atoms with Crippen LogP contribution in [0.3, 0.4) is 0 Å². The fourth-order valence-electron chi connectivity index (χ4n) is 13.4. The van der Waals surface area contributed by atoms with Gasteiger partial charge in [-0.2, -0.15) is 0 Å². The van der Waals surface area contributed by atoms with Crippen molar-refractivity contribution in [1.29, 1.82) is 0 Å². The minimum Gasteiger partial charge on any atom is -0.870 e.